The van der Waals surface area contributed by atoms with E-state index in [4.69, 9.17) is 9.72 Å². The maximum Gasteiger partial charge on any atom is 0.149 e. The smallest absolute Gasteiger partial charge is 0.149 e. The maximum absolute atomic E-state index is 5.61. The van der Waals surface area contributed by atoms with Crippen molar-refractivity contribution in [1.29, 1.82) is 0 Å². The van der Waals surface area contributed by atoms with Crippen LogP contribution in [0.2, 0.25) is 0 Å². The SMILES string of the molecule is CN(C)c1cncc(N2CCCC3(CCOC3)C2)n1. The van der Waals surface area contributed by atoms with Crippen LogP contribution < -0.4 is 9.80 Å². The van der Waals surface area contributed by atoms with Gasteiger partial charge in [0.1, 0.15) is 11.6 Å². The van der Waals surface area contributed by atoms with Gasteiger partial charge >= 0.3 is 0 Å². The third-order valence-electron chi connectivity index (χ3n) is 4.24. The zero-order chi connectivity index (χ0) is 13.3. The normalized spacial score (nSPS) is 26.9. The molecule has 5 heteroatoms. The van der Waals surface area contributed by atoms with Crippen molar-refractivity contribution < 1.29 is 4.74 Å². The van der Waals surface area contributed by atoms with Crippen molar-refractivity contribution >= 4 is 11.6 Å². The molecule has 1 aromatic rings. The minimum Gasteiger partial charge on any atom is -0.381 e. The minimum absolute atomic E-state index is 0.355. The minimum atomic E-state index is 0.355. The Labute approximate surface area is 114 Å². The molecule has 0 amide bonds. The lowest BCUT2D eigenvalue weighted by atomic mass is 9.79. The molecule has 0 radical (unpaired) electrons. The van der Waals surface area contributed by atoms with Gasteiger partial charge in [0.15, 0.2) is 0 Å². The molecule has 19 heavy (non-hydrogen) atoms. The number of nitrogens with zero attached hydrogens (tertiary/aromatic N) is 4. The molecule has 1 spiro atoms. The third-order valence-corrected chi connectivity index (χ3v) is 4.24. The van der Waals surface area contributed by atoms with E-state index >= 15 is 0 Å². The van der Waals surface area contributed by atoms with Crippen LogP contribution in [-0.2, 0) is 4.74 Å². The molecule has 3 rings (SSSR count). The van der Waals surface area contributed by atoms with E-state index in [0.29, 0.717) is 5.41 Å². The van der Waals surface area contributed by atoms with Crippen LogP contribution in [0, 0.1) is 5.41 Å². The first-order valence-electron chi connectivity index (χ1n) is 7.01. The van der Waals surface area contributed by atoms with Gasteiger partial charge in [-0.05, 0) is 19.3 Å². The highest BCUT2D eigenvalue weighted by molar-refractivity contribution is 5.45. The Kier molecular flexibility index (Phi) is 3.31. The summed E-state index contributed by atoms with van der Waals surface area (Å²) in [5.74, 6) is 1.91. The Morgan fingerprint density at radius 1 is 1.32 bits per heavy atom. The summed E-state index contributed by atoms with van der Waals surface area (Å²) in [4.78, 5) is 13.4. The fourth-order valence-electron chi connectivity index (χ4n) is 3.09. The first kappa shape index (κ1) is 12.7. The number of anilines is 2. The van der Waals surface area contributed by atoms with E-state index in [1.807, 2.05) is 31.4 Å². The van der Waals surface area contributed by atoms with Crippen LogP contribution >= 0.6 is 0 Å². The molecular weight excluding hydrogens is 240 g/mol. The lowest BCUT2D eigenvalue weighted by Gasteiger charge is -2.40. The third kappa shape index (κ3) is 2.52. The lowest BCUT2D eigenvalue weighted by Crippen LogP contribution is -2.44. The monoisotopic (exact) mass is 262 g/mol. The first-order valence-corrected chi connectivity index (χ1v) is 7.01. The highest BCUT2D eigenvalue weighted by atomic mass is 16.5. The number of aromatic nitrogens is 2. The molecule has 0 aromatic carbocycles. The van der Waals surface area contributed by atoms with Crippen molar-refractivity contribution in [2.45, 2.75) is 19.3 Å². The maximum atomic E-state index is 5.61. The van der Waals surface area contributed by atoms with Crippen LogP contribution in [0.1, 0.15) is 19.3 Å². The number of rotatable bonds is 2. The molecule has 0 aliphatic carbocycles. The summed E-state index contributed by atoms with van der Waals surface area (Å²) in [5, 5.41) is 0. The largest absolute Gasteiger partial charge is 0.381 e. The molecule has 5 nitrogen and oxygen atoms in total. The highest BCUT2D eigenvalue weighted by Gasteiger charge is 2.39. The van der Waals surface area contributed by atoms with Gasteiger partial charge in [-0.3, -0.25) is 4.98 Å². The second kappa shape index (κ2) is 4.96. The molecule has 1 aromatic heterocycles. The van der Waals surface area contributed by atoms with Crippen LogP contribution in [-0.4, -0.2) is 50.4 Å². The molecule has 0 saturated carbocycles. The van der Waals surface area contributed by atoms with Gasteiger partial charge in [0.05, 0.1) is 19.0 Å². The number of piperidine rings is 1. The summed E-state index contributed by atoms with van der Waals surface area (Å²) < 4.78 is 5.61. The zero-order valence-corrected chi connectivity index (χ0v) is 11.8. The van der Waals surface area contributed by atoms with Crippen LogP contribution in [0.4, 0.5) is 11.6 Å². The average Bonchev–Trinajstić information content (AvgIpc) is 2.87. The molecule has 1 unspecified atom stereocenters. The van der Waals surface area contributed by atoms with E-state index in [0.717, 1.165) is 37.9 Å². The second-order valence-corrected chi connectivity index (χ2v) is 5.96. The van der Waals surface area contributed by atoms with Crippen molar-refractivity contribution in [1.82, 2.24) is 9.97 Å². The van der Waals surface area contributed by atoms with Crippen LogP contribution in [0.5, 0.6) is 0 Å². The highest BCUT2D eigenvalue weighted by Crippen LogP contribution is 2.38. The quantitative estimate of drug-likeness (QED) is 0.809. The van der Waals surface area contributed by atoms with Crippen molar-refractivity contribution in [3.63, 3.8) is 0 Å². The summed E-state index contributed by atoms with van der Waals surface area (Å²) in [6.45, 7) is 3.95. The predicted octanol–water partition coefficient (Wildman–Crippen LogP) is 1.55. The Hall–Kier alpha value is -1.36. The Bertz CT molecular complexity index is 443. The van der Waals surface area contributed by atoms with Crippen molar-refractivity contribution in [3.8, 4) is 0 Å². The molecule has 2 fully saturated rings. The van der Waals surface area contributed by atoms with Gasteiger partial charge in [-0.15, -0.1) is 0 Å². The second-order valence-electron chi connectivity index (χ2n) is 5.96. The van der Waals surface area contributed by atoms with Crippen molar-refractivity contribution in [3.05, 3.63) is 12.4 Å². The van der Waals surface area contributed by atoms with Gasteiger partial charge in [-0.25, -0.2) is 4.98 Å². The van der Waals surface area contributed by atoms with Gasteiger partial charge in [0.25, 0.3) is 0 Å². The average molecular weight is 262 g/mol. The van der Waals surface area contributed by atoms with Gasteiger partial charge in [-0.1, -0.05) is 0 Å². The van der Waals surface area contributed by atoms with Crippen LogP contribution in [0.15, 0.2) is 12.4 Å². The predicted molar refractivity (Wildman–Crippen MR) is 75.7 cm³/mol. The summed E-state index contributed by atoms with van der Waals surface area (Å²) in [6.07, 6.45) is 7.37. The molecule has 2 saturated heterocycles. The van der Waals surface area contributed by atoms with E-state index in [1.54, 1.807) is 0 Å². The number of hydrogen-bond donors (Lipinski definition) is 0. The van der Waals surface area contributed by atoms with E-state index in [2.05, 4.69) is 9.88 Å². The molecule has 0 N–H and O–H groups in total. The van der Waals surface area contributed by atoms with Crippen LogP contribution in [0.3, 0.4) is 0 Å². The van der Waals surface area contributed by atoms with Gasteiger partial charge < -0.3 is 14.5 Å². The fourth-order valence-corrected chi connectivity index (χ4v) is 3.09. The molecular formula is C14H22N4O. The van der Waals surface area contributed by atoms with Crippen molar-refractivity contribution in [2.24, 2.45) is 5.41 Å². The standard InChI is InChI=1S/C14H22N4O/c1-17(2)12-8-15-9-13(16-12)18-6-3-4-14(10-18)5-7-19-11-14/h8-9H,3-7,10-11H2,1-2H3. The Morgan fingerprint density at radius 2 is 2.21 bits per heavy atom. The summed E-state index contributed by atoms with van der Waals surface area (Å²) in [5.41, 5.74) is 0.355. The van der Waals surface area contributed by atoms with Crippen molar-refractivity contribution in [2.75, 3.05) is 50.2 Å². The fraction of sp³-hybridized carbons (Fsp3) is 0.714. The van der Waals surface area contributed by atoms with E-state index in [1.165, 1.54) is 19.3 Å². The summed E-state index contributed by atoms with van der Waals surface area (Å²) >= 11 is 0. The molecule has 1 atom stereocenters. The van der Waals surface area contributed by atoms with Gasteiger partial charge in [0.2, 0.25) is 0 Å². The van der Waals surface area contributed by atoms with E-state index in [-0.39, 0.29) is 0 Å². The lowest BCUT2D eigenvalue weighted by molar-refractivity contribution is 0.139. The Morgan fingerprint density at radius 3 is 2.95 bits per heavy atom. The summed E-state index contributed by atoms with van der Waals surface area (Å²) in [7, 11) is 3.99. The molecule has 3 heterocycles. The number of hydrogen-bond acceptors (Lipinski definition) is 5. The number of ether oxygens (including phenoxy) is 1. The zero-order valence-electron chi connectivity index (χ0n) is 11.8. The molecule has 104 valence electrons. The van der Waals surface area contributed by atoms with E-state index in [9.17, 15) is 0 Å². The van der Waals surface area contributed by atoms with Gasteiger partial charge in [-0.2, -0.15) is 0 Å². The van der Waals surface area contributed by atoms with E-state index < -0.39 is 0 Å². The summed E-state index contributed by atoms with van der Waals surface area (Å²) in [6, 6.07) is 0. The van der Waals surface area contributed by atoms with Gasteiger partial charge in [0, 0.05) is 39.2 Å². The molecule has 0 bridgehead atoms. The Balaban J connectivity index is 1.79. The molecule has 2 aliphatic heterocycles. The first-order chi connectivity index (χ1) is 9.19. The molecule has 2 aliphatic rings. The van der Waals surface area contributed by atoms with Crippen LogP contribution in [0.25, 0.3) is 0 Å². The topological polar surface area (TPSA) is 41.5 Å².